The average Bonchev–Trinajstić information content (AvgIpc) is 2.98. The summed E-state index contributed by atoms with van der Waals surface area (Å²) in [6.45, 7) is 1.46. The Morgan fingerprint density at radius 1 is 1.10 bits per heavy atom. The van der Waals surface area contributed by atoms with Crippen molar-refractivity contribution in [2.24, 2.45) is 0 Å². The minimum atomic E-state index is -1.35. The molecule has 0 aromatic heterocycles. The fraction of sp³-hybridized carbons (Fsp3) is 0.190. The van der Waals surface area contributed by atoms with Gasteiger partial charge in [0.25, 0.3) is 17.4 Å². The van der Waals surface area contributed by atoms with Crippen LogP contribution in [-0.2, 0) is 14.4 Å². The highest BCUT2D eigenvalue weighted by Crippen LogP contribution is 2.39. The molecular weight excluding hydrogens is 408 g/mol. The number of hydrogen-bond donors (Lipinski definition) is 2. The number of nitro groups is 1. The van der Waals surface area contributed by atoms with Crippen molar-refractivity contribution in [3.8, 4) is 5.75 Å². The molecule has 0 spiro atoms. The van der Waals surface area contributed by atoms with Crippen LogP contribution in [0, 0.1) is 10.1 Å². The van der Waals surface area contributed by atoms with Gasteiger partial charge in [-0.05, 0) is 48.9 Å². The lowest BCUT2D eigenvalue weighted by atomic mass is 9.95. The van der Waals surface area contributed by atoms with E-state index in [1.54, 1.807) is 12.1 Å². The van der Waals surface area contributed by atoms with Crippen LogP contribution in [0.25, 0.3) is 5.76 Å². The number of ketones is 1. The molecule has 0 bridgehead atoms. The Hall–Kier alpha value is -4.21. The van der Waals surface area contributed by atoms with Crippen LogP contribution in [0.15, 0.2) is 54.1 Å². The first-order chi connectivity index (χ1) is 14.7. The number of carbonyl (C=O) groups is 3. The molecule has 10 heteroatoms. The van der Waals surface area contributed by atoms with E-state index in [0.29, 0.717) is 12.4 Å². The number of benzene rings is 2. The predicted octanol–water partition coefficient (Wildman–Crippen LogP) is 2.50. The summed E-state index contributed by atoms with van der Waals surface area (Å²) in [7, 11) is 0. The lowest BCUT2D eigenvalue weighted by Crippen LogP contribution is -2.34. The molecule has 0 aliphatic carbocycles. The van der Waals surface area contributed by atoms with Gasteiger partial charge in [-0.3, -0.25) is 24.5 Å². The van der Waals surface area contributed by atoms with E-state index in [-0.39, 0.29) is 22.4 Å². The van der Waals surface area contributed by atoms with Crippen LogP contribution >= 0.6 is 0 Å². The number of carboxylic acid groups (broad SMARTS) is 1. The van der Waals surface area contributed by atoms with Gasteiger partial charge in [0, 0.05) is 17.7 Å². The third-order valence-electron chi connectivity index (χ3n) is 4.70. The maximum Gasteiger partial charge on any atom is 0.323 e. The number of nitro benzene ring substituents is 1. The van der Waals surface area contributed by atoms with Crippen molar-refractivity contribution in [2.45, 2.75) is 13.0 Å². The third kappa shape index (κ3) is 4.22. The number of amides is 1. The van der Waals surface area contributed by atoms with Gasteiger partial charge in [0.05, 0.1) is 23.1 Å². The van der Waals surface area contributed by atoms with Gasteiger partial charge in [0.2, 0.25) is 0 Å². The van der Waals surface area contributed by atoms with Gasteiger partial charge < -0.3 is 19.8 Å². The number of aliphatic hydroxyl groups excluding tert-OH is 1. The molecule has 1 amide bonds. The fourth-order valence-corrected chi connectivity index (χ4v) is 3.34. The Balaban J connectivity index is 2.13. The van der Waals surface area contributed by atoms with E-state index in [0.717, 1.165) is 4.90 Å². The lowest BCUT2D eigenvalue weighted by Gasteiger charge is -2.23. The number of hydrogen-bond acceptors (Lipinski definition) is 7. The highest BCUT2D eigenvalue weighted by atomic mass is 16.6. The molecule has 0 unspecified atom stereocenters. The molecule has 1 aliphatic heterocycles. The second kappa shape index (κ2) is 8.66. The average molecular weight is 426 g/mol. The highest BCUT2D eigenvalue weighted by molar-refractivity contribution is 6.46. The summed E-state index contributed by atoms with van der Waals surface area (Å²) in [5.74, 6) is -3.43. The van der Waals surface area contributed by atoms with Crippen molar-refractivity contribution in [1.29, 1.82) is 0 Å². The first kappa shape index (κ1) is 21.5. The minimum Gasteiger partial charge on any atom is -0.507 e. The molecule has 3 rings (SSSR count). The molecule has 1 atom stereocenters. The number of nitrogens with zero attached hydrogens (tertiary/aromatic N) is 2. The Labute approximate surface area is 176 Å². The fourth-order valence-electron chi connectivity index (χ4n) is 3.34. The molecular formula is C21H18N2O8. The van der Waals surface area contributed by atoms with Crippen LogP contribution in [0.2, 0.25) is 0 Å². The van der Waals surface area contributed by atoms with Gasteiger partial charge in [0.1, 0.15) is 18.1 Å². The van der Waals surface area contributed by atoms with Gasteiger partial charge in [-0.15, -0.1) is 0 Å². The van der Waals surface area contributed by atoms with Crippen LogP contribution in [0.5, 0.6) is 5.75 Å². The van der Waals surface area contributed by atoms with Gasteiger partial charge >= 0.3 is 5.97 Å². The van der Waals surface area contributed by atoms with Crippen LogP contribution in [-0.4, -0.2) is 50.8 Å². The number of likely N-dealkylation sites (tertiary alicyclic amines) is 1. The largest absolute Gasteiger partial charge is 0.507 e. The van der Waals surface area contributed by atoms with Gasteiger partial charge in [0.15, 0.2) is 0 Å². The second-order valence-corrected chi connectivity index (χ2v) is 6.63. The summed E-state index contributed by atoms with van der Waals surface area (Å²) in [6, 6.07) is 9.91. The van der Waals surface area contributed by atoms with Crippen LogP contribution in [0.1, 0.15) is 24.1 Å². The summed E-state index contributed by atoms with van der Waals surface area (Å²) in [5.41, 5.74) is -0.0445. The van der Waals surface area contributed by atoms with E-state index in [2.05, 4.69) is 0 Å². The smallest absolute Gasteiger partial charge is 0.323 e. The summed E-state index contributed by atoms with van der Waals surface area (Å²) < 4.78 is 5.34. The first-order valence-electron chi connectivity index (χ1n) is 9.22. The number of carbonyl (C=O) groups excluding carboxylic acids is 2. The van der Waals surface area contributed by atoms with Crippen LogP contribution in [0.3, 0.4) is 0 Å². The van der Waals surface area contributed by atoms with Crippen molar-refractivity contribution >= 4 is 29.1 Å². The molecule has 2 N–H and O–H groups in total. The van der Waals surface area contributed by atoms with Crippen molar-refractivity contribution < 1.29 is 34.3 Å². The van der Waals surface area contributed by atoms with Gasteiger partial charge in [-0.1, -0.05) is 0 Å². The molecule has 1 heterocycles. The van der Waals surface area contributed by atoms with Crippen molar-refractivity contribution in [3.63, 3.8) is 0 Å². The van der Waals surface area contributed by atoms with Crippen molar-refractivity contribution in [2.75, 3.05) is 13.2 Å². The first-order valence-corrected chi connectivity index (χ1v) is 9.22. The zero-order valence-electron chi connectivity index (χ0n) is 16.3. The van der Waals surface area contributed by atoms with E-state index in [1.807, 2.05) is 6.92 Å². The molecule has 10 nitrogen and oxygen atoms in total. The number of carboxylic acids is 1. The summed E-state index contributed by atoms with van der Waals surface area (Å²) >= 11 is 0. The maximum atomic E-state index is 12.7. The van der Waals surface area contributed by atoms with Crippen molar-refractivity contribution in [1.82, 2.24) is 4.90 Å². The Morgan fingerprint density at radius 2 is 1.71 bits per heavy atom. The van der Waals surface area contributed by atoms with Gasteiger partial charge in [-0.25, -0.2) is 0 Å². The Bertz CT molecular complexity index is 1070. The second-order valence-electron chi connectivity index (χ2n) is 6.63. The predicted molar refractivity (Wildman–Crippen MR) is 107 cm³/mol. The molecule has 0 radical (unpaired) electrons. The standard InChI is InChI=1S/C21H18N2O8/c1-2-31-15-9-5-13(6-10-15)19(26)17-18(12-3-7-14(8-4-12)23(29)30)22(11-16(24)25)21(28)20(17)27/h3-10,18,26H,2,11H2,1H3,(H,24,25)/t18-/m0/s1. The third-order valence-corrected chi connectivity index (χ3v) is 4.70. The van der Waals surface area contributed by atoms with E-state index in [9.17, 15) is 34.7 Å². The normalized spacial score (nSPS) is 17.6. The summed E-state index contributed by atoms with van der Waals surface area (Å²) in [5, 5.41) is 31.0. The molecule has 0 saturated carbocycles. The summed E-state index contributed by atoms with van der Waals surface area (Å²) in [4.78, 5) is 47.6. The molecule has 160 valence electrons. The zero-order valence-corrected chi connectivity index (χ0v) is 16.3. The zero-order chi connectivity index (χ0) is 22.7. The number of rotatable bonds is 7. The van der Waals surface area contributed by atoms with E-state index < -0.39 is 40.9 Å². The van der Waals surface area contributed by atoms with Crippen molar-refractivity contribution in [3.05, 3.63) is 75.3 Å². The quantitative estimate of drug-likeness (QED) is 0.226. The monoisotopic (exact) mass is 426 g/mol. The molecule has 1 fully saturated rings. The number of non-ortho nitro benzene ring substituents is 1. The number of ether oxygens (including phenoxy) is 1. The topological polar surface area (TPSA) is 147 Å². The van der Waals surface area contributed by atoms with E-state index in [4.69, 9.17) is 4.74 Å². The number of aliphatic hydroxyl groups is 1. The molecule has 31 heavy (non-hydrogen) atoms. The molecule has 1 saturated heterocycles. The molecule has 2 aromatic rings. The van der Waals surface area contributed by atoms with E-state index in [1.165, 1.54) is 36.4 Å². The maximum absolute atomic E-state index is 12.7. The van der Waals surface area contributed by atoms with E-state index >= 15 is 0 Å². The minimum absolute atomic E-state index is 0.217. The Kier molecular flexibility index (Phi) is 6.00. The molecule has 1 aliphatic rings. The lowest BCUT2D eigenvalue weighted by molar-refractivity contribution is -0.384. The number of aliphatic carboxylic acids is 1. The van der Waals surface area contributed by atoms with Gasteiger partial charge in [-0.2, -0.15) is 0 Å². The molecule has 2 aromatic carbocycles. The highest BCUT2D eigenvalue weighted by Gasteiger charge is 2.46. The van der Waals surface area contributed by atoms with Crippen LogP contribution < -0.4 is 4.74 Å². The van der Waals surface area contributed by atoms with Crippen LogP contribution in [0.4, 0.5) is 5.69 Å². The SMILES string of the molecule is CCOc1ccc(C(O)=C2C(=O)C(=O)N(CC(=O)O)[C@H]2c2ccc([N+](=O)[O-])cc2)cc1. The summed E-state index contributed by atoms with van der Waals surface area (Å²) in [6.07, 6.45) is 0. The Morgan fingerprint density at radius 3 is 2.23 bits per heavy atom. The number of Topliss-reactive ketones (excluding diaryl/α,β-unsaturated/α-hetero) is 1.